The highest BCUT2D eigenvalue weighted by molar-refractivity contribution is 5.76. The Morgan fingerprint density at radius 2 is 2.06 bits per heavy atom. The average Bonchev–Trinajstić information content (AvgIpc) is 2.30. The van der Waals surface area contributed by atoms with E-state index in [-0.39, 0.29) is 5.97 Å². The van der Waals surface area contributed by atoms with Gasteiger partial charge in [-0.15, -0.1) is 0 Å². The standard InChI is InChI=1S/C12H18N2O2/c1-3-16-12(15)11(13)9-14(2)10-7-5-4-6-8-10/h4-8,11H,3,9,13H2,1-2H3. The third-order valence-electron chi connectivity index (χ3n) is 2.26. The second kappa shape index (κ2) is 6.12. The quantitative estimate of drug-likeness (QED) is 0.755. The molecule has 1 rings (SSSR count). The Bertz CT molecular complexity index is 327. The first kappa shape index (κ1) is 12.5. The van der Waals surface area contributed by atoms with Crippen LogP contribution in [0.25, 0.3) is 0 Å². The minimum atomic E-state index is -0.606. The van der Waals surface area contributed by atoms with Crippen LogP contribution in [0, 0.1) is 0 Å². The van der Waals surface area contributed by atoms with Gasteiger partial charge < -0.3 is 15.4 Å². The zero-order valence-electron chi connectivity index (χ0n) is 9.72. The number of ether oxygens (including phenoxy) is 1. The fraction of sp³-hybridized carbons (Fsp3) is 0.417. The molecule has 0 aliphatic heterocycles. The van der Waals surface area contributed by atoms with E-state index in [2.05, 4.69) is 0 Å². The van der Waals surface area contributed by atoms with Crippen LogP contribution < -0.4 is 10.6 Å². The zero-order valence-corrected chi connectivity index (χ0v) is 9.72. The first-order valence-corrected chi connectivity index (χ1v) is 5.33. The van der Waals surface area contributed by atoms with Crippen LogP contribution >= 0.6 is 0 Å². The molecule has 1 atom stereocenters. The fourth-order valence-electron chi connectivity index (χ4n) is 1.41. The summed E-state index contributed by atoms with van der Waals surface area (Å²) in [4.78, 5) is 13.3. The molecule has 0 radical (unpaired) electrons. The molecular formula is C12H18N2O2. The smallest absolute Gasteiger partial charge is 0.324 e. The molecule has 0 spiro atoms. The lowest BCUT2D eigenvalue weighted by atomic mass is 10.2. The molecule has 0 saturated carbocycles. The van der Waals surface area contributed by atoms with Crippen LogP contribution in [-0.4, -0.2) is 32.2 Å². The van der Waals surface area contributed by atoms with Crippen LogP contribution in [0.1, 0.15) is 6.92 Å². The normalized spacial score (nSPS) is 11.9. The molecule has 1 unspecified atom stereocenters. The van der Waals surface area contributed by atoms with Gasteiger partial charge in [-0.2, -0.15) is 0 Å². The Hall–Kier alpha value is -1.55. The number of benzene rings is 1. The number of para-hydroxylation sites is 1. The van der Waals surface area contributed by atoms with Crippen molar-refractivity contribution in [1.29, 1.82) is 0 Å². The predicted molar refractivity (Wildman–Crippen MR) is 64.3 cm³/mol. The maximum Gasteiger partial charge on any atom is 0.324 e. The van der Waals surface area contributed by atoms with Crippen LogP contribution in [0.4, 0.5) is 5.69 Å². The molecule has 0 heterocycles. The zero-order chi connectivity index (χ0) is 12.0. The van der Waals surface area contributed by atoms with Gasteiger partial charge in [-0.1, -0.05) is 18.2 Å². The van der Waals surface area contributed by atoms with E-state index in [1.807, 2.05) is 42.3 Å². The van der Waals surface area contributed by atoms with E-state index < -0.39 is 6.04 Å². The summed E-state index contributed by atoms with van der Waals surface area (Å²) in [6.07, 6.45) is 0. The molecule has 0 amide bonds. The highest BCUT2D eigenvalue weighted by Crippen LogP contribution is 2.10. The summed E-state index contributed by atoms with van der Waals surface area (Å²) in [5.74, 6) is -0.356. The first-order valence-electron chi connectivity index (χ1n) is 5.33. The number of hydrogen-bond donors (Lipinski definition) is 1. The Balaban J connectivity index is 2.51. The highest BCUT2D eigenvalue weighted by Gasteiger charge is 2.16. The van der Waals surface area contributed by atoms with Crippen molar-refractivity contribution in [2.75, 3.05) is 25.1 Å². The molecule has 0 aliphatic rings. The summed E-state index contributed by atoms with van der Waals surface area (Å²) in [6, 6.07) is 9.17. The van der Waals surface area contributed by atoms with Crippen molar-refractivity contribution in [2.45, 2.75) is 13.0 Å². The summed E-state index contributed by atoms with van der Waals surface area (Å²) in [6.45, 7) is 2.58. The van der Waals surface area contributed by atoms with Gasteiger partial charge in [0.15, 0.2) is 0 Å². The lowest BCUT2D eigenvalue weighted by Crippen LogP contribution is -2.42. The van der Waals surface area contributed by atoms with Gasteiger partial charge in [0.25, 0.3) is 0 Å². The van der Waals surface area contributed by atoms with Crippen LogP contribution in [0.3, 0.4) is 0 Å². The summed E-state index contributed by atoms with van der Waals surface area (Å²) < 4.78 is 4.85. The molecule has 16 heavy (non-hydrogen) atoms. The number of nitrogens with two attached hydrogens (primary N) is 1. The van der Waals surface area contributed by atoms with E-state index in [4.69, 9.17) is 10.5 Å². The van der Waals surface area contributed by atoms with Crippen molar-refractivity contribution < 1.29 is 9.53 Å². The van der Waals surface area contributed by atoms with Gasteiger partial charge in [0, 0.05) is 19.3 Å². The maximum absolute atomic E-state index is 11.3. The highest BCUT2D eigenvalue weighted by atomic mass is 16.5. The number of carbonyl (C=O) groups excluding carboxylic acids is 1. The number of esters is 1. The Kier molecular flexibility index (Phi) is 4.79. The minimum absolute atomic E-state index is 0.356. The van der Waals surface area contributed by atoms with Crippen LogP contribution in [-0.2, 0) is 9.53 Å². The molecule has 0 saturated heterocycles. The van der Waals surface area contributed by atoms with Crippen molar-refractivity contribution in [1.82, 2.24) is 0 Å². The van der Waals surface area contributed by atoms with Gasteiger partial charge in [-0.05, 0) is 19.1 Å². The largest absolute Gasteiger partial charge is 0.465 e. The molecule has 0 aliphatic carbocycles. The average molecular weight is 222 g/mol. The summed E-state index contributed by atoms with van der Waals surface area (Å²) >= 11 is 0. The van der Waals surface area contributed by atoms with E-state index in [0.717, 1.165) is 5.69 Å². The maximum atomic E-state index is 11.3. The number of hydrogen-bond acceptors (Lipinski definition) is 4. The van der Waals surface area contributed by atoms with E-state index >= 15 is 0 Å². The van der Waals surface area contributed by atoms with Gasteiger partial charge in [0.1, 0.15) is 6.04 Å². The molecule has 0 fully saturated rings. The topological polar surface area (TPSA) is 55.6 Å². The van der Waals surface area contributed by atoms with E-state index in [0.29, 0.717) is 13.2 Å². The number of anilines is 1. The molecule has 0 aromatic heterocycles. The Morgan fingerprint density at radius 3 is 2.62 bits per heavy atom. The Labute approximate surface area is 96.0 Å². The Morgan fingerprint density at radius 1 is 1.44 bits per heavy atom. The summed E-state index contributed by atoms with van der Waals surface area (Å²) in [5.41, 5.74) is 6.76. The minimum Gasteiger partial charge on any atom is -0.465 e. The molecule has 1 aromatic carbocycles. The van der Waals surface area contributed by atoms with E-state index in [9.17, 15) is 4.79 Å². The van der Waals surface area contributed by atoms with Gasteiger partial charge in [-0.3, -0.25) is 4.79 Å². The number of likely N-dealkylation sites (N-methyl/N-ethyl adjacent to an activating group) is 1. The summed E-state index contributed by atoms with van der Waals surface area (Å²) in [7, 11) is 1.90. The van der Waals surface area contributed by atoms with Gasteiger partial charge in [0.2, 0.25) is 0 Å². The van der Waals surface area contributed by atoms with Crippen molar-refractivity contribution >= 4 is 11.7 Å². The molecule has 0 bridgehead atoms. The molecule has 4 heteroatoms. The van der Waals surface area contributed by atoms with Crippen molar-refractivity contribution in [2.24, 2.45) is 5.73 Å². The third-order valence-corrected chi connectivity index (χ3v) is 2.26. The van der Waals surface area contributed by atoms with Crippen LogP contribution in [0.2, 0.25) is 0 Å². The number of nitrogens with zero attached hydrogens (tertiary/aromatic N) is 1. The molecule has 4 nitrogen and oxygen atoms in total. The molecule has 88 valence electrons. The van der Waals surface area contributed by atoms with Crippen molar-refractivity contribution in [3.63, 3.8) is 0 Å². The van der Waals surface area contributed by atoms with Crippen LogP contribution in [0.5, 0.6) is 0 Å². The monoisotopic (exact) mass is 222 g/mol. The second-order valence-corrected chi connectivity index (χ2v) is 3.57. The van der Waals surface area contributed by atoms with Crippen molar-refractivity contribution in [3.8, 4) is 0 Å². The molecular weight excluding hydrogens is 204 g/mol. The molecule has 2 N–H and O–H groups in total. The van der Waals surface area contributed by atoms with Gasteiger partial charge in [0.05, 0.1) is 6.61 Å². The van der Waals surface area contributed by atoms with E-state index in [1.165, 1.54) is 0 Å². The lowest BCUT2D eigenvalue weighted by molar-refractivity contribution is -0.144. The van der Waals surface area contributed by atoms with Gasteiger partial charge >= 0.3 is 5.97 Å². The van der Waals surface area contributed by atoms with Crippen LogP contribution in [0.15, 0.2) is 30.3 Å². The lowest BCUT2D eigenvalue weighted by Gasteiger charge is -2.22. The molecule has 1 aromatic rings. The SMILES string of the molecule is CCOC(=O)C(N)CN(C)c1ccccc1. The first-order chi connectivity index (χ1) is 7.65. The van der Waals surface area contributed by atoms with Gasteiger partial charge in [-0.25, -0.2) is 0 Å². The van der Waals surface area contributed by atoms with E-state index in [1.54, 1.807) is 6.92 Å². The fourth-order valence-corrected chi connectivity index (χ4v) is 1.41. The second-order valence-electron chi connectivity index (χ2n) is 3.57. The number of rotatable bonds is 5. The predicted octanol–water partition coefficient (Wildman–Crippen LogP) is 1.01. The summed E-state index contributed by atoms with van der Waals surface area (Å²) in [5, 5.41) is 0. The van der Waals surface area contributed by atoms with Crippen molar-refractivity contribution in [3.05, 3.63) is 30.3 Å². The third kappa shape index (κ3) is 3.55. The number of carbonyl (C=O) groups is 1.